The molecule has 2 rings (SSSR count). The van der Waals surface area contributed by atoms with E-state index in [0.29, 0.717) is 12.2 Å². The van der Waals surface area contributed by atoms with E-state index in [4.69, 9.17) is 0 Å². The third-order valence-corrected chi connectivity index (χ3v) is 5.09. The molecule has 0 spiro atoms. The topological polar surface area (TPSA) is 15.3 Å². The normalized spacial score (nSPS) is 12.4. The van der Waals surface area contributed by atoms with Crippen molar-refractivity contribution in [1.29, 1.82) is 0 Å². The molecular formula is C16H20BrFN2S. The Labute approximate surface area is 138 Å². The summed E-state index contributed by atoms with van der Waals surface area (Å²) in [5.41, 5.74) is 1.61. The second-order valence-corrected chi connectivity index (χ2v) is 6.99. The maximum absolute atomic E-state index is 14.3. The maximum atomic E-state index is 14.3. The highest BCUT2D eigenvalue weighted by atomic mass is 79.9. The third kappa shape index (κ3) is 4.28. The summed E-state index contributed by atoms with van der Waals surface area (Å²) in [7, 11) is 1.92. The molecule has 0 aliphatic heterocycles. The minimum absolute atomic E-state index is 0.164. The Bertz CT molecular complexity index is 600. The van der Waals surface area contributed by atoms with Crippen molar-refractivity contribution in [3.63, 3.8) is 0 Å². The zero-order chi connectivity index (χ0) is 15.4. The lowest BCUT2D eigenvalue weighted by molar-refractivity contribution is 0.581. The zero-order valence-electron chi connectivity index (χ0n) is 12.5. The molecule has 0 saturated carbocycles. The summed E-state index contributed by atoms with van der Waals surface area (Å²) in [4.78, 5) is 3.14. The smallest absolute Gasteiger partial charge is 0.146 e. The van der Waals surface area contributed by atoms with Crippen LogP contribution in [-0.4, -0.2) is 13.6 Å². The molecule has 1 N–H and O–H groups in total. The van der Waals surface area contributed by atoms with E-state index in [9.17, 15) is 4.39 Å². The number of nitrogens with one attached hydrogen (secondary N) is 1. The van der Waals surface area contributed by atoms with Crippen LogP contribution in [0.2, 0.25) is 0 Å². The number of nitrogens with zero attached hydrogens (tertiary/aromatic N) is 1. The predicted molar refractivity (Wildman–Crippen MR) is 92.6 cm³/mol. The van der Waals surface area contributed by atoms with Crippen molar-refractivity contribution in [2.75, 3.05) is 18.5 Å². The Kier molecular flexibility index (Phi) is 5.79. The van der Waals surface area contributed by atoms with E-state index < -0.39 is 0 Å². The average Bonchev–Trinajstić information content (AvgIpc) is 2.84. The van der Waals surface area contributed by atoms with Gasteiger partial charge in [0.2, 0.25) is 0 Å². The molecule has 114 valence electrons. The average molecular weight is 371 g/mol. The van der Waals surface area contributed by atoms with E-state index in [2.05, 4.69) is 27.3 Å². The van der Waals surface area contributed by atoms with Gasteiger partial charge in [0.15, 0.2) is 0 Å². The highest BCUT2D eigenvalue weighted by Crippen LogP contribution is 2.26. The summed E-state index contributed by atoms with van der Waals surface area (Å²) in [5, 5.41) is 5.34. The van der Waals surface area contributed by atoms with E-state index >= 15 is 0 Å². The predicted octanol–water partition coefficient (Wildman–Crippen LogP) is 4.96. The molecule has 0 fully saturated rings. The van der Waals surface area contributed by atoms with Crippen LogP contribution in [0.1, 0.15) is 30.3 Å². The van der Waals surface area contributed by atoms with Gasteiger partial charge >= 0.3 is 0 Å². The molecule has 0 radical (unpaired) electrons. The van der Waals surface area contributed by atoms with Gasteiger partial charge in [-0.2, -0.15) is 0 Å². The number of thiophene rings is 1. The first kappa shape index (κ1) is 16.5. The van der Waals surface area contributed by atoms with Crippen LogP contribution in [0.25, 0.3) is 0 Å². The fraction of sp³-hybridized carbons (Fsp3) is 0.375. The van der Waals surface area contributed by atoms with Gasteiger partial charge in [-0.3, -0.25) is 0 Å². The van der Waals surface area contributed by atoms with Crippen molar-refractivity contribution < 1.29 is 4.39 Å². The lowest BCUT2D eigenvalue weighted by Gasteiger charge is -2.21. The minimum atomic E-state index is -0.171. The van der Waals surface area contributed by atoms with Crippen molar-refractivity contribution in [3.8, 4) is 0 Å². The van der Waals surface area contributed by atoms with E-state index in [-0.39, 0.29) is 11.9 Å². The summed E-state index contributed by atoms with van der Waals surface area (Å²) in [6.45, 7) is 5.67. The maximum Gasteiger partial charge on any atom is 0.146 e. The number of halogens is 2. The summed E-state index contributed by atoms with van der Waals surface area (Å²) in [6.07, 6.45) is 0. The van der Waals surface area contributed by atoms with Gasteiger partial charge in [0.25, 0.3) is 0 Å². The van der Waals surface area contributed by atoms with E-state index in [1.807, 2.05) is 43.3 Å². The van der Waals surface area contributed by atoms with Crippen LogP contribution >= 0.6 is 27.3 Å². The van der Waals surface area contributed by atoms with Gasteiger partial charge in [-0.15, -0.1) is 11.3 Å². The molecule has 1 heterocycles. The first-order chi connectivity index (χ1) is 10.0. The second-order valence-electron chi connectivity index (χ2n) is 5.08. The summed E-state index contributed by atoms with van der Waals surface area (Å²) >= 11 is 5.12. The molecule has 1 atom stereocenters. The van der Waals surface area contributed by atoms with E-state index in [1.54, 1.807) is 17.4 Å². The molecule has 21 heavy (non-hydrogen) atoms. The molecular weight excluding hydrogens is 351 g/mol. The van der Waals surface area contributed by atoms with Crippen LogP contribution in [0.5, 0.6) is 0 Å². The molecule has 1 unspecified atom stereocenters. The van der Waals surface area contributed by atoms with Gasteiger partial charge in [-0.1, -0.05) is 13.0 Å². The quantitative estimate of drug-likeness (QED) is 0.772. The SMILES string of the molecule is CCNC(C)c1ccc(N(C)Cc2cc(Br)cs2)c(F)c1. The van der Waals surface area contributed by atoms with Crippen molar-refractivity contribution in [1.82, 2.24) is 5.32 Å². The highest BCUT2D eigenvalue weighted by Gasteiger charge is 2.12. The minimum Gasteiger partial charge on any atom is -0.367 e. The van der Waals surface area contributed by atoms with E-state index in [1.165, 1.54) is 4.88 Å². The fourth-order valence-corrected chi connectivity index (χ4v) is 3.79. The first-order valence-corrected chi connectivity index (χ1v) is 8.65. The molecule has 2 nitrogen and oxygen atoms in total. The molecule has 5 heteroatoms. The Morgan fingerprint density at radius 3 is 2.71 bits per heavy atom. The second kappa shape index (κ2) is 7.38. The van der Waals surface area contributed by atoms with Crippen LogP contribution in [0.15, 0.2) is 34.1 Å². The molecule has 2 aromatic rings. The summed E-state index contributed by atoms with van der Waals surface area (Å²) < 4.78 is 15.4. The molecule has 1 aromatic carbocycles. The van der Waals surface area contributed by atoms with E-state index in [0.717, 1.165) is 16.6 Å². The molecule has 0 bridgehead atoms. The lowest BCUT2D eigenvalue weighted by Crippen LogP contribution is -2.19. The van der Waals surface area contributed by atoms with Crippen LogP contribution in [0.3, 0.4) is 0 Å². The Morgan fingerprint density at radius 1 is 1.38 bits per heavy atom. The van der Waals surface area contributed by atoms with Crippen LogP contribution in [0.4, 0.5) is 10.1 Å². The van der Waals surface area contributed by atoms with Gasteiger partial charge < -0.3 is 10.2 Å². The Morgan fingerprint density at radius 2 is 2.14 bits per heavy atom. The highest BCUT2D eigenvalue weighted by molar-refractivity contribution is 9.10. The van der Waals surface area contributed by atoms with Gasteiger partial charge in [-0.25, -0.2) is 4.39 Å². The number of anilines is 1. The van der Waals surface area contributed by atoms with Crippen LogP contribution in [-0.2, 0) is 6.54 Å². The molecule has 0 aliphatic carbocycles. The number of rotatable bonds is 6. The fourth-order valence-electron chi connectivity index (χ4n) is 2.28. The van der Waals surface area contributed by atoms with Crippen molar-refractivity contribution in [2.45, 2.75) is 26.4 Å². The summed E-state index contributed by atoms with van der Waals surface area (Å²) in [6, 6.07) is 7.72. The van der Waals surface area contributed by atoms with Crippen molar-refractivity contribution in [2.24, 2.45) is 0 Å². The zero-order valence-corrected chi connectivity index (χ0v) is 14.9. The van der Waals surface area contributed by atoms with Crippen molar-refractivity contribution >= 4 is 33.0 Å². The molecule has 0 aliphatic rings. The molecule has 0 amide bonds. The number of hydrogen-bond acceptors (Lipinski definition) is 3. The van der Waals surface area contributed by atoms with Gasteiger partial charge in [-0.05, 0) is 53.2 Å². The molecule has 0 saturated heterocycles. The Hall–Kier alpha value is -0.910. The van der Waals surface area contributed by atoms with Gasteiger partial charge in [0.1, 0.15) is 5.82 Å². The van der Waals surface area contributed by atoms with Gasteiger partial charge in [0.05, 0.1) is 12.2 Å². The largest absolute Gasteiger partial charge is 0.367 e. The number of hydrogen-bond donors (Lipinski definition) is 1. The first-order valence-electron chi connectivity index (χ1n) is 6.98. The number of benzene rings is 1. The molecule has 1 aromatic heterocycles. The third-order valence-electron chi connectivity index (χ3n) is 3.41. The van der Waals surface area contributed by atoms with Crippen molar-refractivity contribution in [3.05, 3.63) is 50.4 Å². The van der Waals surface area contributed by atoms with Crippen LogP contribution in [0, 0.1) is 5.82 Å². The standard InChI is InChI=1S/C16H20BrFN2S/c1-4-19-11(2)12-5-6-16(15(18)7-12)20(3)9-14-8-13(17)10-21-14/h5-8,10-11,19H,4,9H2,1-3H3. The lowest BCUT2D eigenvalue weighted by atomic mass is 10.1. The Balaban J connectivity index is 2.12. The summed E-state index contributed by atoms with van der Waals surface area (Å²) in [5.74, 6) is -0.171. The monoisotopic (exact) mass is 370 g/mol. The van der Waals surface area contributed by atoms with Crippen LogP contribution < -0.4 is 10.2 Å². The van der Waals surface area contributed by atoms with Gasteiger partial charge in [0, 0.05) is 27.8 Å².